The smallest absolute Gasteiger partial charge is 0.142 e. The van der Waals surface area contributed by atoms with E-state index in [1.165, 1.54) is 34.9 Å². The van der Waals surface area contributed by atoms with Gasteiger partial charge in [0, 0.05) is 18.2 Å². The third-order valence-corrected chi connectivity index (χ3v) is 4.99. The van der Waals surface area contributed by atoms with Crippen LogP contribution in [0, 0.1) is 5.92 Å². The molecule has 0 atom stereocenters. The van der Waals surface area contributed by atoms with Gasteiger partial charge in [0.25, 0.3) is 0 Å². The summed E-state index contributed by atoms with van der Waals surface area (Å²) in [7, 11) is 0. The lowest BCUT2D eigenvalue weighted by Gasteiger charge is -2.28. The number of hydrogen-bond donors (Lipinski definition) is 3. The van der Waals surface area contributed by atoms with Crippen molar-refractivity contribution in [1.29, 1.82) is 0 Å². The van der Waals surface area contributed by atoms with E-state index in [2.05, 4.69) is 9.69 Å². The first-order valence-corrected chi connectivity index (χ1v) is 7.67. The van der Waals surface area contributed by atoms with E-state index in [1.807, 2.05) is 0 Å². The molecule has 2 aliphatic carbocycles. The Hall–Kier alpha value is -0.810. The number of nitrogens with one attached hydrogen (secondary N) is 1. The zero-order chi connectivity index (χ0) is 12.5. The Morgan fingerprint density at radius 1 is 1.22 bits per heavy atom. The number of aromatic nitrogens is 1. The number of anilines is 2. The maximum atomic E-state index is 9.15. The van der Waals surface area contributed by atoms with Gasteiger partial charge in [-0.15, -0.1) is 0 Å². The lowest BCUT2D eigenvalue weighted by atomic mass is 9.86. The van der Waals surface area contributed by atoms with E-state index >= 15 is 0 Å². The van der Waals surface area contributed by atoms with Crippen LogP contribution in [0.3, 0.4) is 0 Å². The van der Waals surface area contributed by atoms with Crippen LogP contribution in [0.5, 0.6) is 0 Å². The lowest BCUT2D eigenvalue weighted by Crippen LogP contribution is -2.27. The summed E-state index contributed by atoms with van der Waals surface area (Å²) in [4.78, 5) is 0. The first-order chi connectivity index (χ1) is 8.78. The van der Waals surface area contributed by atoms with Crippen LogP contribution in [0.2, 0.25) is 0 Å². The molecular formula is C13H21N3OS. The zero-order valence-electron chi connectivity index (χ0n) is 10.6. The molecule has 4 nitrogen and oxygen atoms in total. The first-order valence-electron chi connectivity index (χ1n) is 6.90. The highest BCUT2D eigenvalue weighted by atomic mass is 32.1. The second kappa shape index (κ2) is 5.05. The fraction of sp³-hybridized carbons (Fsp3) is 0.769. The number of rotatable bonds is 4. The highest BCUT2D eigenvalue weighted by Gasteiger charge is 2.31. The molecule has 1 heterocycles. The maximum Gasteiger partial charge on any atom is 0.142 e. The summed E-state index contributed by atoms with van der Waals surface area (Å²) in [5.74, 6) is 1.89. The second-order valence-electron chi connectivity index (χ2n) is 5.63. The van der Waals surface area contributed by atoms with Crippen molar-refractivity contribution in [1.82, 2.24) is 4.37 Å². The monoisotopic (exact) mass is 267 g/mol. The minimum atomic E-state index is 0.341. The van der Waals surface area contributed by atoms with Gasteiger partial charge in [-0.2, -0.15) is 4.37 Å². The van der Waals surface area contributed by atoms with Gasteiger partial charge in [0.05, 0.1) is 0 Å². The standard InChI is InChI=1S/C13H21N3OS/c14-12-11(9-3-4-9)13(18-16-12)15-10-5-1-8(7-17)2-6-10/h8-10,15,17H,1-7H2,(H2,14,16). The summed E-state index contributed by atoms with van der Waals surface area (Å²) >= 11 is 1.51. The summed E-state index contributed by atoms with van der Waals surface area (Å²) in [5, 5.41) is 14.0. The number of nitrogen functional groups attached to an aromatic ring is 1. The van der Waals surface area contributed by atoms with Crippen molar-refractivity contribution in [2.24, 2.45) is 5.92 Å². The molecule has 100 valence electrons. The molecule has 0 amide bonds. The lowest BCUT2D eigenvalue weighted by molar-refractivity contribution is 0.186. The van der Waals surface area contributed by atoms with Crippen LogP contribution in [0.4, 0.5) is 10.8 Å². The normalized spacial score (nSPS) is 28.3. The van der Waals surface area contributed by atoms with Crippen LogP contribution in [-0.4, -0.2) is 22.1 Å². The molecule has 0 spiro atoms. The third-order valence-electron chi connectivity index (χ3n) is 4.18. The molecule has 2 saturated carbocycles. The van der Waals surface area contributed by atoms with Gasteiger partial charge in [-0.25, -0.2) is 0 Å². The van der Waals surface area contributed by atoms with Crippen LogP contribution in [0.1, 0.15) is 50.0 Å². The minimum absolute atomic E-state index is 0.341. The molecule has 0 aliphatic heterocycles. The largest absolute Gasteiger partial charge is 0.396 e. The quantitative estimate of drug-likeness (QED) is 0.784. The molecule has 4 N–H and O–H groups in total. The Morgan fingerprint density at radius 3 is 2.56 bits per heavy atom. The minimum Gasteiger partial charge on any atom is -0.396 e. The Balaban J connectivity index is 1.63. The number of aliphatic hydroxyl groups is 1. The van der Waals surface area contributed by atoms with E-state index in [4.69, 9.17) is 10.8 Å². The SMILES string of the molecule is Nc1nsc(NC2CCC(CO)CC2)c1C1CC1. The van der Waals surface area contributed by atoms with Gasteiger partial charge in [0.2, 0.25) is 0 Å². The van der Waals surface area contributed by atoms with Crippen LogP contribution < -0.4 is 11.1 Å². The van der Waals surface area contributed by atoms with Gasteiger partial charge in [-0.1, -0.05) is 0 Å². The van der Waals surface area contributed by atoms with Crippen LogP contribution >= 0.6 is 11.5 Å². The van der Waals surface area contributed by atoms with Crippen molar-refractivity contribution in [2.45, 2.75) is 50.5 Å². The summed E-state index contributed by atoms with van der Waals surface area (Å²) in [6, 6.07) is 0.533. The van der Waals surface area contributed by atoms with Gasteiger partial charge in [0.15, 0.2) is 0 Å². The van der Waals surface area contributed by atoms with Crippen LogP contribution in [0.15, 0.2) is 0 Å². The Morgan fingerprint density at radius 2 is 1.94 bits per heavy atom. The maximum absolute atomic E-state index is 9.15. The predicted molar refractivity (Wildman–Crippen MR) is 75.0 cm³/mol. The number of aliphatic hydroxyl groups excluding tert-OH is 1. The predicted octanol–water partition coefficient (Wildman–Crippen LogP) is 2.57. The molecule has 1 aromatic rings. The number of nitrogens with zero attached hydrogens (tertiary/aromatic N) is 1. The summed E-state index contributed by atoms with van der Waals surface area (Å²) in [5.41, 5.74) is 7.23. The highest BCUT2D eigenvalue weighted by molar-refractivity contribution is 7.10. The Labute approximate surface area is 112 Å². The van der Waals surface area contributed by atoms with Gasteiger partial charge in [-0.05, 0) is 61.9 Å². The molecule has 0 bridgehead atoms. The van der Waals surface area contributed by atoms with E-state index in [0.717, 1.165) is 31.5 Å². The van der Waals surface area contributed by atoms with E-state index in [9.17, 15) is 0 Å². The topological polar surface area (TPSA) is 71.2 Å². The molecule has 18 heavy (non-hydrogen) atoms. The Bertz CT molecular complexity index is 408. The van der Waals surface area contributed by atoms with Crippen molar-refractivity contribution >= 4 is 22.4 Å². The molecule has 0 aromatic carbocycles. The second-order valence-corrected chi connectivity index (χ2v) is 6.40. The van der Waals surface area contributed by atoms with Crippen molar-refractivity contribution in [3.8, 4) is 0 Å². The first kappa shape index (κ1) is 12.2. The fourth-order valence-corrected chi connectivity index (χ4v) is 3.73. The van der Waals surface area contributed by atoms with Gasteiger partial charge >= 0.3 is 0 Å². The highest BCUT2D eigenvalue weighted by Crippen LogP contribution is 2.48. The van der Waals surface area contributed by atoms with E-state index in [-0.39, 0.29) is 0 Å². The zero-order valence-corrected chi connectivity index (χ0v) is 11.4. The van der Waals surface area contributed by atoms with Gasteiger partial charge in [-0.3, -0.25) is 0 Å². The number of nitrogens with two attached hydrogens (primary N) is 1. The molecular weight excluding hydrogens is 246 g/mol. The fourth-order valence-electron chi connectivity index (χ4n) is 2.85. The molecule has 5 heteroatoms. The average molecular weight is 267 g/mol. The van der Waals surface area contributed by atoms with Crippen molar-refractivity contribution in [3.05, 3.63) is 5.56 Å². The molecule has 2 fully saturated rings. The number of hydrogen-bond acceptors (Lipinski definition) is 5. The van der Waals surface area contributed by atoms with Gasteiger partial charge < -0.3 is 16.2 Å². The van der Waals surface area contributed by atoms with Gasteiger partial charge in [0.1, 0.15) is 10.8 Å². The summed E-state index contributed by atoms with van der Waals surface area (Å²) in [6.45, 7) is 0.341. The van der Waals surface area contributed by atoms with Crippen LogP contribution in [-0.2, 0) is 0 Å². The molecule has 0 unspecified atom stereocenters. The van der Waals surface area contributed by atoms with E-state index in [1.54, 1.807) is 0 Å². The van der Waals surface area contributed by atoms with Crippen LogP contribution in [0.25, 0.3) is 0 Å². The molecule has 3 rings (SSSR count). The molecule has 0 saturated heterocycles. The molecule has 2 aliphatic rings. The van der Waals surface area contributed by atoms with Crippen molar-refractivity contribution in [3.63, 3.8) is 0 Å². The Kier molecular flexibility index (Phi) is 3.43. The summed E-state index contributed by atoms with van der Waals surface area (Å²) < 4.78 is 4.29. The van der Waals surface area contributed by atoms with Crippen molar-refractivity contribution < 1.29 is 5.11 Å². The van der Waals surface area contributed by atoms with Crippen molar-refractivity contribution in [2.75, 3.05) is 17.7 Å². The summed E-state index contributed by atoms with van der Waals surface area (Å²) in [6.07, 6.45) is 7.06. The van der Waals surface area contributed by atoms with E-state index < -0.39 is 0 Å². The molecule has 1 aromatic heterocycles. The average Bonchev–Trinajstić information content (AvgIpc) is 3.16. The molecule has 0 radical (unpaired) electrons. The third kappa shape index (κ3) is 2.47. The van der Waals surface area contributed by atoms with E-state index in [0.29, 0.717) is 24.5 Å².